The van der Waals surface area contributed by atoms with Crippen LogP contribution in [-0.2, 0) is 9.59 Å². The Hall–Kier alpha value is -0.710. The van der Waals surface area contributed by atoms with Crippen molar-refractivity contribution in [2.45, 2.75) is 58.6 Å². The van der Waals surface area contributed by atoms with Gasteiger partial charge in [0.15, 0.2) is 0 Å². The molecule has 0 aromatic heterocycles. The average molecular weight is 303 g/mol. The van der Waals surface area contributed by atoms with Crippen molar-refractivity contribution in [3.8, 4) is 0 Å². The summed E-state index contributed by atoms with van der Waals surface area (Å²) in [6, 6.07) is 0. The normalized spacial score (nSPS) is 12.4. The molecule has 0 saturated carbocycles. The Morgan fingerprint density at radius 2 is 1.60 bits per heavy atom. The van der Waals surface area contributed by atoms with Crippen LogP contribution in [0.4, 0.5) is 0 Å². The Balaban J connectivity index is 4.38. The Labute approximate surface area is 127 Å². The third kappa shape index (κ3) is 7.78. The number of hydrogen-bond donors (Lipinski definition) is 1. The Bertz CT molecular complexity index is 287. The summed E-state index contributed by atoms with van der Waals surface area (Å²) in [5, 5.41) is 8.63. The summed E-state index contributed by atoms with van der Waals surface area (Å²) in [5.41, 5.74) is 0. The average Bonchev–Trinajstić information content (AvgIpc) is 2.38. The van der Waals surface area contributed by atoms with Gasteiger partial charge in [0.25, 0.3) is 0 Å². The first-order valence-corrected chi connectivity index (χ1v) is 8.61. The summed E-state index contributed by atoms with van der Waals surface area (Å²) in [5.74, 6) is -0.456. The standard InChI is InChI=1S/C15H29NO3S/c1-5-7-9-16(10-8-6-2)13(17)11-20-14(12(3)4)15(18)19/h12,14H,5-11H2,1-4H3,(H,18,19). The molecule has 20 heavy (non-hydrogen) atoms. The number of rotatable bonds is 11. The van der Waals surface area contributed by atoms with E-state index in [1.165, 1.54) is 11.8 Å². The highest BCUT2D eigenvalue weighted by Crippen LogP contribution is 2.20. The molecule has 0 rings (SSSR count). The van der Waals surface area contributed by atoms with Crippen LogP contribution in [-0.4, -0.2) is 46.0 Å². The second kappa shape index (κ2) is 11.0. The Morgan fingerprint density at radius 3 is 1.95 bits per heavy atom. The molecule has 1 atom stereocenters. The fourth-order valence-corrected chi connectivity index (χ4v) is 2.89. The topological polar surface area (TPSA) is 57.6 Å². The Kier molecular flexibility index (Phi) is 10.6. The van der Waals surface area contributed by atoms with Crippen molar-refractivity contribution in [3.63, 3.8) is 0 Å². The maximum absolute atomic E-state index is 12.2. The molecule has 0 aromatic carbocycles. The molecule has 0 heterocycles. The van der Waals surface area contributed by atoms with Gasteiger partial charge < -0.3 is 10.0 Å². The van der Waals surface area contributed by atoms with Crippen molar-refractivity contribution in [2.75, 3.05) is 18.8 Å². The molecule has 118 valence electrons. The molecule has 0 aromatic rings. The molecular weight excluding hydrogens is 274 g/mol. The summed E-state index contributed by atoms with van der Waals surface area (Å²) in [7, 11) is 0. The number of carboxylic acids is 1. The van der Waals surface area contributed by atoms with Crippen molar-refractivity contribution in [1.82, 2.24) is 4.90 Å². The van der Waals surface area contributed by atoms with E-state index >= 15 is 0 Å². The van der Waals surface area contributed by atoms with E-state index in [0.29, 0.717) is 0 Å². The van der Waals surface area contributed by atoms with Crippen LogP contribution < -0.4 is 0 Å². The zero-order chi connectivity index (χ0) is 15.5. The van der Waals surface area contributed by atoms with Gasteiger partial charge in [-0.1, -0.05) is 40.5 Å². The molecule has 0 aliphatic rings. The van der Waals surface area contributed by atoms with E-state index < -0.39 is 11.2 Å². The number of hydrogen-bond acceptors (Lipinski definition) is 3. The van der Waals surface area contributed by atoms with Gasteiger partial charge in [-0.15, -0.1) is 11.8 Å². The smallest absolute Gasteiger partial charge is 0.316 e. The monoisotopic (exact) mass is 303 g/mol. The number of nitrogens with zero attached hydrogens (tertiary/aromatic N) is 1. The quantitative estimate of drug-likeness (QED) is 0.636. The summed E-state index contributed by atoms with van der Waals surface area (Å²) in [4.78, 5) is 25.2. The van der Waals surface area contributed by atoms with Crippen LogP contribution in [0.1, 0.15) is 53.4 Å². The molecule has 0 aliphatic carbocycles. The number of carboxylic acid groups (broad SMARTS) is 1. The molecule has 1 unspecified atom stereocenters. The number of thioether (sulfide) groups is 1. The minimum Gasteiger partial charge on any atom is -0.480 e. The molecule has 1 N–H and O–H groups in total. The van der Waals surface area contributed by atoms with E-state index in [0.717, 1.165) is 38.8 Å². The number of carbonyl (C=O) groups excluding carboxylic acids is 1. The number of carbonyl (C=O) groups is 2. The third-order valence-electron chi connectivity index (χ3n) is 3.15. The van der Waals surface area contributed by atoms with E-state index in [1.807, 2.05) is 18.7 Å². The predicted molar refractivity (Wildman–Crippen MR) is 85.1 cm³/mol. The van der Waals surface area contributed by atoms with E-state index in [2.05, 4.69) is 13.8 Å². The first-order valence-electron chi connectivity index (χ1n) is 7.56. The fraction of sp³-hybridized carbons (Fsp3) is 0.867. The molecule has 1 amide bonds. The lowest BCUT2D eigenvalue weighted by Crippen LogP contribution is -2.35. The maximum Gasteiger partial charge on any atom is 0.316 e. The number of unbranched alkanes of at least 4 members (excludes halogenated alkanes) is 2. The summed E-state index contributed by atoms with van der Waals surface area (Å²) in [6.45, 7) is 9.54. The molecule has 5 heteroatoms. The number of aliphatic carboxylic acids is 1. The van der Waals surface area contributed by atoms with Crippen LogP contribution >= 0.6 is 11.8 Å². The van der Waals surface area contributed by atoms with Crippen molar-refractivity contribution >= 4 is 23.6 Å². The molecule has 0 aliphatic heterocycles. The lowest BCUT2D eigenvalue weighted by molar-refractivity contribution is -0.137. The maximum atomic E-state index is 12.2. The van der Waals surface area contributed by atoms with Crippen LogP contribution in [0, 0.1) is 5.92 Å². The van der Waals surface area contributed by atoms with Gasteiger partial charge in [0.2, 0.25) is 5.91 Å². The fourth-order valence-electron chi connectivity index (χ4n) is 1.86. The molecule has 4 nitrogen and oxygen atoms in total. The minimum absolute atomic E-state index is 0.0324. The van der Waals surface area contributed by atoms with Gasteiger partial charge in [0, 0.05) is 13.1 Å². The van der Waals surface area contributed by atoms with E-state index in [4.69, 9.17) is 5.11 Å². The predicted octanol–water partition coefficient (Wildman–Crippen LogP) is 3.26. The van der Waals surface area contributed by atoms with Gasteiger partial charge in [-0.05, 0) is 18.8 Å². The second-order valence-electron chi connectivity index (χ2n) is 5.40. The van der Waals surface area contributed by atoms with Crippen LogP contribution in [0.2, 0.25) is 0 Å². The minimum atomic E-state index is -0.827. The molecule has 0 bridgehead atoms. The molecular formula is C15H29NO3S. The van der Waals surface area contributed by atoms with Gasteiger partial charge in [0.05, 0.1) is 5.75 Å². The summed E-state index contributed by atoms with van der Waals surface area (Å²) in [6.07, 6.45) is 4.14. The summed E-state index contributed by atoms with van der Waals surface area (Å²) >= 11 is 1.25. The highest BCUT2D eigenvalue weighted by atomic mass is 32.2. The SMILES string of the molecule is CCCCN(CCCC)C(=O)CSC(C(=O)O)C(C)C. The van der Waals surface area contributed by atoms with E-state index in [1.54, 1.807) is 0 Å². The largest absolute Gasteiger partial charge is 0.480 e. The van der Waals surface area contributed by atoms with Gasteiger partial charge >= 0.3 is 5.97 Å². The van der Waals surface area contributed by atoms with Gasteiger partial charge in [0.1, 0.15) is 5.25 Å². The third-order valence-corrected chi connectivity index (χ3v) is 4.67. The first-order chi connectivity index (χ1) is 9.43. The summed E-state index contributed by atoms with van der Waals surface area (Å²) < 4.78 is 0. The van der Waals surface area contributed by atoms with Gasteiger partial charge in [-0.25, -0.2) is 0 Å². The lowest BCUT2D eigenvalue weighted by Gasteiger charge is -2.23. The van der Waals surface area contributed by atoms with Crippen LogP contribution in [0.5, 0.6) is 0 Å². The van der Waals surface area contributed by atoms with E-state index in [9.17, 15) is 9.59 Å². The van der Waals surface area contributed by atoms with Crippen molar-refractivity contribution in [1.29, 1.82) is 0 Å². The molecule has 0 radical (unpaired) electrons. The van der Waals surface area contributed by atoms with Gasteiger partial charge in [-0.3, -0.25) is 9.59 Å². The van der Waals surface area contributed by atoms with Crippen LogP contribution in [0.25, 0.3) is 0 Å². The van der Waals surface area contributed by atoms with Crippen LogP contribution in [0.3, 0.4) is 0 Å². The van der Waals surface area contributed by atoms with Crippen molar-refractivity contribution in [3.05, 3.63) is 0 Å². The van der Waals surface area contributed by atoms with Crippen molar-refractivity contribution < 1.29 is 14.7 Å². The zero-order valence-electron chi connectivity index (χ0n) is 13.2. The lowest BCUT2D eigenvalue weighted by atomic mass is 10.1. The Morgan fingerprint density at radius 1 is 1.10 bits per heavy atom. The number of amides is 1. The molecule has 0 spiro atoms. The zero-order valence-corrected chi connectivity index (χ0v) is 14.0. The molecule has 0 saturated heterocycles. The van der Waals surface area contributed by atoms with E-state index in [-0.39, 0.29) is 17.6 Å². The highest BCUT2D eigenvalue weighted by Gasteiger charge is 2.24. The highest BCUT2D eigenvalue weighted by molar-refractivity contribution is 8.01. The van der Waals surface area contributed by atoms with Crippen molar-refractivity contribution in [2.24, 2.45) is 5.92 Å². The second-order valence-corrected chi connectivity index (χ2v) is 6.53. The van der Waals surface area contributed by atoms with Gasteiger partial charge in [-0.2, -0.15) is 0 Å². The molecule has 0 fully saturated rings. The first kappa shape index (κ1) is 19.3. The van der Waals surface area contributed by atoms with Crippen LogP contribution in [0.15, 0.2) is 0 Å².